The third-order valence-corrected chi connectivity index (χ3v) is 13.6. The van der Waals surface area contributed by atoms with Crippen LogP contribution in [0.4, 0.5) is 0 Å². The van der Waals surface area contributed by atoms with E-state index >= 15 is 0 Å². The predicted molar refractivity (Wildman–Crippen MR) is 263 cm³/mol. The molecule has 63 heavy (non-hydrogen) atoms. The maximum atomic E-state index is 5.49. The summed E-state index contributed by atoms with van der Waals surface area (Å²) in [5.74, 6) is 1.83. The second kappa shape index (κ2) is 14.2. The summed E-state index contributed by atoms with van der Waals surface area (Å²) >= 11 is 1.79. The van der Waals surface area contributed by atoms with Gasteiger partial charge in [-0.2, -0.15) is 9.97 Å². The quantitative estimate of drug-likeness (QED) is 0.168. The molecular weight excluding hydrogens is 787 g/mol. The highest BCUT2D eigenvalue weighted by Crippen LogP contribution is 2.44. The van der Waals surface area contributed by atoms with Gasteiger partial charge in [0.2, 0.25) is 5.95 Å². The van der Waals surface area contributed by atoms with Gasteiger partial charge in [0.1, 0.15) is 0 Å². The normalized spacial score (nSPS) is 11.8. The third-order valence-electron chi connectivity index (χ3n) is 12.4. The number of rotatable bonds is 6. The average Bonchev–Trinajstić information content (AvgIpc) is 4.02. The Morgan fingerprint density at radius 1 is 0.317 bits per heavy atom. The number of fused-ring (bicyclic) bond motifs is 10. The van der Waals surface area contributed by atoms with Crippen molar-refractivity contribution in [2.75, 3.05) is 0 Å². The first kappa shape index (κ1) is 35.6. The minimum Gasteiger partial charge on any atom is -0.307 e. The molecule has 0 bridgehead atoms. The first-order valence-corrected chi connectivity index (χ1v) is 22.0. The van der Waals surface area contributed by atoms with Gasteiger partial charge in [0.05, 0.1) is 27.8 Å². The van der Waals surface area contributed by atoms with Gasteiger partial charge in [-0.05, 0) is 47.0 Å². The van der Waals surface area contributed by atoms with Crippen molar-refractivity contribution in [2.24, 2.45) is 0 Å². The molecule has 9 aromatic carbocycles. The van der Waals surface area contributed by atoms with Gasteiger partial charge in [-0.25, -0.2) is 4.98 Å². The van der Waals surface area contributed by atoms with Crippen molar-refractivity contribution in [1.82, 2.24) is 24.1 Å². The van der Waals surface area contributed by atoms with E-state index in [1.54, 1.807) is 11.3 Å². The standard InChI is InChI=1S/C57H35N5S/c1-3-16-36(17-4-1)37-30-32-38(33-31-37)40-20-7-11-26-48(40)61-49-27-12-8-21-41(49)44-34-35-45-42-22-9-13-28-50(42)62(53(45)52(44)61)57-59-55(39-18-5-2-6-19-39)58-56(60-57)47-25-15-24-46-43-23-10-14-29-51(43)63-54(46)47/h1-35H. The van der Waals surface area contributed by atoms with E-state index in [0.29, 0.717) is 17.6 Å². The lowest BCUT2D eigenvalue weighted by atomic mass is 9.99. The Morgan fingerprint density at radius 3 is 1.59 bits per heavy atom. The minimum atomic E-state index is 0.567. The summed E-state index contributed by atoms with van der Waals surface area (Å²) in [4.78, 5) is 16.1. The molecule has 0 saturated carbocycles. The van der Waals surface area contributed by atoms with E-state index in [9.17, 15) is 0 Å². The molecule has 6 heteroatoms. The van der Waals surface area contributed by atoms with Gasteiger partial charge in [-0.1, -0.05) is 182 Å². The minimum absolute atomic E-state index is 0.567. The van der Waals surface area contributed by atoms with Crippen LogP contribution >= 0.6 is 11.3 Å². The summed E-state index contributed by atoms with van der Waals surface area (Å²) in [6.07, 6.45) is 0. The fourth-order valence-corrected chi connectivity index (χ4v) is 10.8. The fourth-order valence-electron chi connectivity index (χ4n) is 9.57. The van der Waals surface area contributed by atoms with Crippen LogP contribution in [-0.4, -0.2) is 24.1 Å². The van der Waals surface area contributed by atoms with Crippen molar-refractivity contribution < 1.29 is 0 Å². The fraction of sp³-hybridized carbons (Fsp3) is 0. The van der Waals surface area contributed by atoms with E-state index in [4.69, 9.17) is 15.0 Å². The molecule has 0 aliphatic rings. The van der Waals surface area contributed by atoms with Crippen LogP contribution in [0.25, 0.3) is 120 Å². The van der Waals surface area contributed by atoms with Gasteiger partial charge < -0.3 is 4.57 Å². The highest BCUT2D eigenvalue weighted by molar-refractivity contribution is 7.26. The topological polar surface area (TPSA) is 48.5 Å². The number of hydrogen-bond acceptors (Lipinski definition) is 4. The highest BCUT2D eigenvalue weighted by Gasteiger charge is 2.25. The zero-order valence-corrected chi connectivity index (χ0v) is 34.7. The maximum Gasteiger partial charge on any atom is 0.238 e. The average molecular weight is 822 g/mol. The number of nitrogens with zero attached hydrogens (tertiary/aromatic N) is 5. The second-order valence-corrected chi connectivity index (χ2v) is 17.0. The monoisotopic (exact) mass is 821 g/mol. The smallest absolute Gasteiger partial charge is 0.238 e. The van der Waals surface area contributed by atoms with E-state index in [-0.39, 0.29) is 0 Å². The lowest BCUT2D eigenvalue weighted by Gasteiger charge is -2.16. The number of hydrogen-bond donors (Lipinski definition) is 0. The summed E-state index contributed by atoms with van der Waals surface area (Å²) in [5, 5.41) is 7.03. The number of aromatic nitrogens is 5. The molecule has 4 aromatic heterocycles. The van der Waals surface area contributed by atoms with Crippen LogP contribution in [-0.2, 0) is 0 Å². The summed E-state index contributed by atoms with van der Waals surface area (Å²) in [6.45, 7) is 0. The SMILES string of the molecule is c1ccc(-c2ccc(-c3ccccc3-n3c4ccccc4c4ccc5c6ccccc6n(-c6nc(-c7ccccc7)nc(-c7cccc8c7sc7ccccc78)n6)c5c43)cc2)cc1. The Morgan fingerprint density at radius 2 is 0.841 bits per heavy atom. The zero-order valence-electron chi connectivity index (χ0n) is 33.9. The Kier molecular flexibility index (Phi) is 8.01. The number of benzene rings is 9. The van der Waals surface area contributed by atoms with Crippen molar-refractivity contribution in [1.29, 1.82) is 0 Å². The summed E-state index contributed by atoms with van der Waals surface area (Å²) in [7, 11) is 0. The van der Waals surface area contributed by atoms with Crippen LogP contribution in [0, 0.1) is 0 Å². The molecule has 4 heterocycles. The van der Waals surface area contributed by atoms with Gasteiger partial charge in [-0.15, -0.1) is 11.3 Å². The molecule has 294 valence electrons. The van der Waals surface area contributed by atoms with E-state index < -0.39 is 0 Å². The molecule has 5 nitrogen and oxygen atoms in total. The molecule has 0 radical (unpaired) electrons. The van der Waals surface area contributed by atoms with Crippen molar-refractivity contribution in [3.05, 3.63) is 212 Å². The molecule has 13 rings (SSSR count). The van der Waals surface area contributed by atoms with Gasteiger partial charge in [0.25, 0.3) is 0 Å². The van der Waals surface area contributed by atoms with Crippen molar-refractivity contribution in [3.63, 3.8) is 0 Å². The lowest BCUT2D eigenvalue weighted by Crippen LogP contribution is -2.07. The van der Waals surface area contributed by atoms with Crippen LogP contribution in [0.5, 0.6) is 0 Å². The first-order valence-electron chi connectivity index (χ1n) is 21.2. The van der Waals surface area contributed by atoms with E-state index in [2.05, 4.69) is 203 Å². The van der Waals surface area contributed by atoms with Gasteiger partial charge in [0, 0.05) is 58.4 Å². The van der Waals surface area contributed by atoms with Crippen molar-refractivity contribution in [2.45, 2.75) is 0 Å². The van der Waals surface area contributed by atoms with E-state index in [0.717, 1.165) is 70.9 Å². The van der Waals surface area contributed by atoms with Crippen LogP contribution in [0.15, 0.2) is 212 Å². The highest BCUT2D eigenvalue weighted by atomic mass is 32.1. The second-order valence-electron chi connectivity index (χ2n) is 16.0. The van der Waals surface area contributed by atoms with Gasteiger partial charge >= 0.3 is 0 Å². The van der Waals surface area contributed by atoms with Crippen molar-refractivity contribution in [3.8, 4) is 56.7 Å². The molecule has 0 spiro atoms. The van der Waals surface area contributed by atoms with Crippen LogP contribution in [0.1, 0.15) is 0 Å². The Labute approximate surface area is 366 Å². The van der Waals surface area contributed by atoms with Gasteiger partial charge in [0.15, 0.2) is 11.6 Å². The molecule has 13 aromatic rings. The molecule has 0 aliphatic carbocycles. The lowest BCUT2D eigenvalue weighted by molar-refractivity contribution is 0.954. The summed E-state index contributed by atoms with van der Waals surface area (Å²) < 4.78 is 7.14. The number of para-hydroxylation sites is 3. The van der Waals surface area contributed by atoms with E-state index in [1.807, 2.05) is 18.2 Å². The Bertz CT molecular complexity index is 3900. The zero-order chi connectivity index (χ0) is 41.4. The molecule has 0 amide bonds. The van der Waals surface area contributed by atoms with Crippen molar-refractivity contribution >= 4 is 75.1 Å². The molecule has 0 atom stereocenters. The molecule has 0 fully saturated rings. The molecule has 0 unspecified atom stereocenters. The molecular formula is C57H35N5S. The number of thiophene rings is 1. The van der Waals surface area contributed by atoms with E-state index in [1.165, 1.54) is 32.0 Å². The molecule has 0 N–H and O–H groups in total. The maximum absolute atomic E-state index is 5.49. The van der Waals surface area contributed by atoms with Crippen LogP contribution < -0.4 is 0 Å². The van der Waals surface area contributed by atoms with Gasteiger partial charge in [-0.3, -0.25) is 4.57 Å². The third kappa shape index (κ3) is 5.59. The Hall–Kier alpha value is -8.19. The summed E-state index contributed by atoms with van der Waals surface area (Å²) in [5.41, 5.74) is 12.0. The van der Waals surface area contributed by atoms with Crippen LogP contribution in [0.3, 0.4) is 0 Å². The molecule has 0 aliphatic heterocycles. The Balaban J connectivity index is 1.12. The first-order chi connectivity index (χ1) is 31.3. The predicted octanol–water partition coefficient (Wildman–Crippen LogP) is 15.1. The van der Waals surface area contributed by atoms with Crippen LogP contribution in [0.2, 0.25) is 0 Å². The summed E-state index contributed by atoms with van der Waals surface area (Å²) in [6, 6.07) is 75.6. The molecule has 0 saturated heterocycles. The largest absolute Gasteiger partial charge is 0.307 e.